The average Bonchev–Trinajstić information content (AvgIpc) is 3.34. The highest BCUT2D eigenvalue weighted by molar-refractivity contribution is 14.0. The molecule has 31 heavy (non-hydrogen) atoms. The number of aryl methyl sites for hydroxylation is 1. The van der Waals surface area contributed by atoms with Crippen LogP contribution in [0.2, 0.25) is 0 Å². The zero-order valence-corrected chi connectivity index (χ0v) is 22.5. The van der Waals surface area contributed by atoms with E-state index in [4.69, 9.17) is 4.74 Å². The Kier molecular flexibility index (Phi) is 12.6. The van der Waals surface area contributed by atoms with E-state index in [0.717, 1.165) is 30.4 Å². The van der Waals surface area contributed by atoms with Gasteiger partial charge in [-0.05, 0) is 46.3 Å². The first-order chi connectivity index (χ1) is 14.3. The maximum atomic E-state index is 11.6. The second kappa shape index (κ2) is 14.0. The van der Waals surface area contributed by atoms with Crippen LogP contribution in [0.15, 0.2) is 10.1 Å². The molecular formula is C20H38IN7O2S. The second-order valence-electron chi connectivity index (χ2n) is 8.37. The third-order valence-corrected chi connectivity index (χ3v) is 5.43. The molecule has 0 bridgehead atoms. The quantitative estimate of drug-likeness (QED) is 0.138. The Morgan fingerprint density at radius 2 is 1.81 bits per heavy atom. The molecule has 1 heterocycles. The van der Waals surface area contributed by atoms with Gasteiger partial charge in [-0.15, -0.1) is 34.2 Å². The van der Waals surface area contributed by atoms with Crippen molar-refractivity contribution in [1.82, 2.24) is 30.7 Å². The van der Waals surface area contributed by atoms with E-state index >= 15 is 0 Å². The fraction of sp³-hybridized carbons (Fsp3) is 0.800. The van der Waals surface area contributed by atoms with Crippen molar-refractivity contribution >= 4 is 47.8 Å². The molecule has 0 spiro atoms. The van der Waals surface area contributed by atoms with Gasteiger partial charge in [0.05, 0.1) is 0 Å². The molecule has 1 aliphatic rings. The monoisotopic (exact) mass is 567 g/mol. The summed E-state index contributed by atoms with van der Waals surface area (Å²) in [4.78, 5) is 15.9. The molecule has 3 N–H and O–H groups in total. The number of carbonyl (C=O) groups excluding carboxylic acids is 1. The molecule has 1 fully saturated rings. The largest absolute Gasteiger partial charge is 0.444 e. The summed E-state index contributed by atoms with van der Waals surface area (Å²) in [6.07, 6.45) is 8.52. The van der Waals surface area contributed by atoms with E-state index in [-0.39, 0.29) is 24.0 Å². The van der Waals surface area contributed by atoms with Crippen LogP contribution in [-0.4, -0.2) is 65.4 Å². The Bertz CT molecular complexity index is 700. The van der Waals surface area contributed by atoms with Gasteiger partial charge in [-0.3, -0.25) is 4.99 Å². The number of aliphatic imine (C=N–C) groups is 1. The molecule has 9 nitrogen and oxygen atoms in total. The maximum Gasteiger partial charge on any atom is 0.407 e. The number of thioether (sulfide) groups is 1. The van der Waals surface area contributed by atoms with Gasteiger partial charge < -0.3 is 25.3 Å². The molecule has 0 radical (unpaired) electrons. The van der Waals surface area contributed by atoms with Crippen LogP contribution in [0, 0.1) is 0 Å². The van der Waals surface area contributed by atoms with Crippen LogP contribution >= 0.6 is 35.7 Å². The molecule has 1 aromatic rings. The van der Waals surface area contributed by atoms with E-state index in [0.29, 0.717) is 25.1 Å². The van der Waals surface area contributed by atoms with Crippen molar-refractivity contribution in [2.75, 3.05) is 32.9 Å². The molecule has 1 aromatic heterocycles. The lowest BCUT2D eigenvalue weighted by atomic mass is 10.2. The van der Waals surface area contributed by atoms with Crippen molar-refractivity contribution in [2.45, 2.75) is 76.1 Å². The van der Waals surface area contributed by atoms with Gasteiger partial charge in [0, 0.05) is 39.1 Å². The predicted octanol–water partition coefficient (Wildman–Crippen LogP) is 3.36. The Morgan fingerprint density at radius 3 is 2.42 bits per heavy atom. The van der Waals surface area contributed by atoms with Crippen molar-refractivity contribution < 1.29 is 9.53 Å². The van der Waals surface area contributed by atoms with Crippen LogP contribution in [0.25, 0.3) is 0 Å². The number of halogens is 1. The third-order valence-electron chi connectivity index (χ3n) is 4.79. The molecule has 2 rings (SSSR count). The third kappa shape index (κ3) is 9.84. The predicted molar refractivity (Wildman–Crippen MR) is 137 cm³/mol. The van der Waals surface area contributed by atoms with Crippen molar-refractivity contribution in [3.05, 3.63) is 5.82 Å². The van der Waals surface area contributed by atoms with Gasteiger partial charge in [-0.1, -0.05) is 24.6 Å². The molecule has 1 saturated carbocycles. The lowest BCUT2D eigenvalue weighted by Crippen LogP contribution is -2.42. The molecule has 11 heteroatoms. The van der Waals surface area contributed by atoms with E-state index in [1.165, 1.54) is 25.7 Å². The minimum absolute atomic E-state index is 0. The molecule has 0 atom stereocenters. The topological polar surface area (TPSA) is 105 Å². The lowest BCUT2D eigenvalue weighted by Gasteiger charge is -2.20. The van der Waals surface area contributed by atoms with Gasteiger partial charge in [0.1, 0.15) is 11.4 Å². The number of hydrogen-bond acceptors (Lipinski definition) is 6. The van der Waals surface area contributed by atoms with Crippen molar-refractivity contribution in [3.63, 3.8) is 0 Å². The van der Waals surface area contributed by atoms with Crippen molar-refractivity contribution in [3.8, 4) is 0 Å². The molecule has 178 valence electrons. The molecule has 0 aliphatic heterocycles. The fourth-order valence-electron chi connectivity index (χ4n) is 3.48. The standard InChI is InChI=1S/C20H37N7O2S.HI/c1-20(2,3)29-19(28)24-14-13-23-17(21-4)22-12-8-11-16-25-26-18(30-5)27(16)15-9-6-7-10-15;/h15H,6-14H2,1-5H3,(H,24,28)(H2,21,22,23);1H. The van der Waals surface area contributed by atoms with E-state index < -0.39 is 11.7 Å². The normalized spacial score (nSPS) is 14.8. The molecule has 0 unspecified atom stereocenters. The number of rotatable bonds is 9. The Morgan fingerprint density at radius 1 is 1.16 bits per heavy atom. The minimum Gasteiger partial charge on any atom is -0.444 e. The summed E-state index contributed by atoms with van der Waals surface area (Å²) in [5.74, 6) is 1.79. The fourth-order valence-corrected chi connectivity index (χ4v) is 4.05. The molecule has 1 aliphatic carbocycles. The number of ether oxygens (including phenoxy) is 1. The van der Waals surface area contributed by atoms with Crippen LogP contribution in [0.4, 0.5) is 4.79 Å². The first kappa shape index (κ1) is 27.8. The summed E-state index contributed by atoms with van der Waals surface area (Å²) in [6.45, 7) is 7.33. The Hall–Kier alpha value is -1.24. The first-order valence-corrected chi connectivity index (χ1v) is 12.0. The number of nitrogens with one attached hydrogen (secondary N) is 3. The van der Waals surface area contributed by atoms with E-state index in [1.807, 2.05) is 20.8 Å². The zero-order valence-electron chi connectivity index (χ0n) is 19.4. The van der Waals surface area contributed by atoms with Crippen LogP contribution in [0.3, 0.4) is 0 Å². The molecule has 0 aromatic carbocycles. The number of amides is 1. The highest BCUT2D eigenvalue weighted by Crippen LogP contribution is 2.33. The van der Waals surface area contributed by atoms with Gasteiger partial charge in [-0.25, -0.2) is 4.79 Å². The Labute approximate surface area is 207 Å². The zero-order chi connectivity index (χ0) is 22.0. The van der Waals surface area contributed by atoms with Crippen LogP contribution in [0.5, 0.6) is 0 Å². The second-order valence-corrected chi connectivity index (χ2v) is 9.14. The smallest absolute Gasteiger partial charge is 0.407 e. The summed E-state index contributed by atoms with van der Waals surface area (Å²) < 4.78 is 7.56. The first-order valence-electron chi connectivity index (χ1n) is 10.7. The number of carbonyl (C=O) groups is 1. The van der Waals surface area contributed by atoms with Gasteiger partial charge in [-0.2, -0.15) is 0 Å². The van der Waals surface area contributed by atoms with Crippen LogP contribution in [0.1, 0.15) is 64.7 Å². The van der Waals surface area contributed by atoms with Crippen LogP contribution < -0.4 is 16.0 Å². The lowest BCUT2D eigenvalue weighted by molar-refractivity contribution is 0.0529. The number of alkyl carbamates (subject to hydrolysis) is 1. The average molecular weight is 568 g/mol. The van der Waals surface area contributed by atoms with Gasteiger partial charge in [0.2, 0.25) is 0 Å². The van der Waals surface area contributed by atoms with Crippen molar-refractivity contribution in [1.29, 1.82) is 0 Å². The van der Waals surface area contributed by atoms with Crippen LogP contribution in [-0.2, 0) is 11.2 Å². The number of aromatic nitrogens is 3. The minimum atomic E-state index is -0.492. The Balaban J connectivity index is 0.00000480. The van der Waals surface area contributed by atoms with Gasteiger partial charge in [0.15, 0.2) is 11.1 Å². The van der Waals surface area contributed by atoms with E-state index in [9.17, 15) is 4.79 Å². The number of guanidine groups is 1. The highest BCUT2D eigenvalue weighted by atomic mass is 127. The number of nitrogens with zero attached hydrogens (tertiary/aromatic N) is 4. The molecule has 0 saturated heterocycles. The SMILES string of the molecule is CN=C(NCCCc1nnc(SC)n1C1CCCC1)NCCNC(=O)OC(C)(C)C.I. The van der Waals surface area contributed by atoms with Gasteiger partial charge >= 0.3 is 6.09 Å². The molecular weight excluding hydrogens is 529 g/mol. The van der Waals surface area contributed by atoms with E-state index in [2.05, 4.69) is 42.0 Å². The summed E-state index contributed by atoms with van der Waals surface area (Å²) in [7, 11) is 1.73. The molecule has 1 amide bonds. The summed E-state index contributed by atoms with van der Waals surface area (Å²) in [5, 5.41) is 19.1. The summed E-state index contributed by atoms with van der Waals surface area (Å²) >= 11 is 1.67. The van der Waals surface area contributed by atoms with Gasteiger partial charge in [0.25, 0.3) is 0 Å². The van der Waals surface area contributed by atoms with Crippen molar-refractivity contribution in [2.24, 2.45) is 4.99 Å². The maximum absolute atomic E-state index is 11.6. The van der Waals surface area contributed by atoms with E-state index in [1.54, 1.807) is 18.8 Å². The highest BCUT2D eigenvalue weighted by Gasteiger charge is 2.23. The summed E-state index contributed by atoms with van der Waals surface area (Å²) in [5.41, 5.74) is -0.492. The number of hydrogen-bond donors (Lipinski definition) is 3. The summed E-state index contributed by atoms with van der Waals surface area (Å²) in [6, 6.07) is 0.553.